The summed E-state index contributed by atoms with van der Waals surface area (Å²) in [6.07, 6.45) is -3.71. The number of halogens is 5. The van der Waals surface area contributed by atoms with Crippen molar-refractivity contribution in [2.45, 2.75) is 6.18 Å². The van der Waals surface area contributed by atoms with Gasteiger partial charge in [0, 0.05) is 0 Å². The number of hydrogen-bond donors (Lipinski definition) is 2. The quantitative estimate of drug-likeness (QED) is 0.261. The van der Waals surface area contributed by atoms with Gasteiger partial charge in [-0.05, 0) is 29.8 Å². The number of nitrogens with zero attached hydrogens (tertiary/aromatic N) is 2. The number of carbonyl (C=O) groups is 1. The van der Waals surface area contributed by atoms with Gasteiger partial charge in [0.05, 0.1) is 16.7 Å². The van der Waals surface area contributed by atoms with E-state index in [1.54, 1.807) is 0 Å². The van der Waals surface area contributed by atoms with Crippen LogP contribution in [-0.4, -0.2) is 22.3 Å². The molecule has 11 heteroatoms. The smallest absolute Gasteiger partial charge is 0.411 e. The molecular weight excluding hydrogens is 417 g/mol. The van der Waals surface area contributed by atoms with Gasteiger partial charge >= 0.3 is 6.18 Å². The van der Waals surface area contributed by atoms with Crippen LogP contribution in [0.25, 0.3) is 10.4 Å². The van der Waals surface area contributed by atoms with E-state index in [0.29, 0.717) is 0 Å². The Morgan fingerprint density at radius 1 is 1.14 bits per heavy atom. The van der Waals surface area contributed by atoms with Crippen LogP contribution >= 0.6 is 11.3 Å². The van der Waals surface area contributed by atoms with Crippen LogP contribution in [0, 0.1) is 11.6 Å². The molecule has 3 rings (SSSR count). The van der Waals surface area contributed by atoms with Gasteiger partial charge in [0.2, 0.25) is 0 Å². The molecule has 0 fully saturated rings. The second kappa shape index (κ2) is 7.95. The summed E-state index contributed by atoms with van der Waals surface area (Å²) >= 11 is 0.749. The minimum absolute atomic E-state index is 0.0406. The van der Waals surface area contributed by atoms with Crippen LogP contribution < -0.4 is 5.32 Å². The summed E-state index contributed by atoms with van der Waals surface area (Å²) in [5.41, 5.74) is -1.68. The van der Waals surface area contributed by atoms with Crippen molar-refractivity contribution in [1.82, 2.24) is 4.98 Å². The van der Waals surface area contributed by atoms with Crippen molar-refractivity contribution in [3.05, 3.63) is 70.9 Å². The summed E-state index contributed by atoms with van der Waals surface area (Å²) in [7, 11) is 0. The second-order valence-corrected chi connectivity index (χ2v) is 6.61. The number of thiazole rings is 1. The molecule has 3 aromatic rings. The highest BCUT2D eigenvalue weighted by atomic mass is 32.1. The second-order valence-electron chi connectivity index (χ2n) is 5.61. The number of anilines is 1. The number of amides is 1. The van der Waals surface area contributed by atoms with Crippen molar-refractivity contribution in [2.24, 2.45) is 5.16 Å². The van der Waals surface area contributed by atoms with Gasteiger partial charge in [0.1, 0.15) is 22.9 Å². The monoisotopic (exact) mass is 427 g/mol. The van der Waals surface area contributed by atoms with E-state index in [9.17, 15) is 26.7 Å². The number of hydrogen-bond acceptors (Lipinski definition) is 5. The molecule has 0 saturated carbocycles. The van der Waals surface area contributed by atoms with Crippen molar-refractivity contribution >= 4 is 28.6 Å². The lowest BCUT2D eigenvalue weighted by atomic mass is 10.1. The molecule has 1 amide bonds. The van der Waals surface area contributed by atoms with Gasteiger partial charge in [0.25, 0.3) is 5.91 Å². The Bertz CT molecular complexity index is 1080. The first-order valence-electron chi connectivity index (χ1n) is 7.82. The summed E-state index contributed by atoms with van der Waals surface area (Å²) < 4.78 is 66.4. The Balaban J connectivity index is 1.99. The Hall–Kier alpha value is -3.34. The van der Waals surface area contributed by atoms with E-state index in [1.807, 2.05) is 0 Å². The van der Waals surface area contributed by atoms with Crippen LogP contribution in [0.15, 0.2) is 47.6 Å². The summed E-state index contributed by atoms with van der Waals surface area (Å²) in [6.45, 7) is 0. The highest BCUT2D eigenvalue weighted by Gasteiger charge is 2.31. The van der Waals surface area contributed by atoms with Gasteiger partial charge in [-0.2, -0.15) is 13.2 Å². The summed E-state index contributed by atoms with van der Waals surface area (Å²) in [5.74, 6) is -3.30. The van der Waals surface area contributed by atoms with E-state index in [4.69, 9.17) is 5.21 Å². The lowest BCUT2D eigenvalue weighted by molar-refractivity contribution is -0.137. The topological polar surface area (TPSA) is 74.6 Å². The zero-order valence-electron chi connectivity index (χ0n) is 14.2. The third-order valence-corrected chi connectivity index (χ3v) is 4.73. The van der Waals surface area contributed by atoms with Crippen molar-refractivity contribution in [3.8, 4) is 10.4 Å². The van der Waals surface area contributed by atoms with Crippen molar-refractivity contribution in [3.63, 3.8) is 0 Å². The molecule has 0 unspecified atom stereocenters. The predicted molar refractivity (Wildman–Crippen MR) is 96.2 cm³/mol. The zero-order valence-corrected chi connectivity index (χ0v) is 15.0. The highest BCUT2D eigenvalue weighted by molar-refractivity contribution is 7.19. The van der Waals surface area contributed by atoms with Crippen molar-refractivity contribution in [2.75, 3.05) is 5.32 Å². The van der Waals surface area contributed by atoms with E-state index >= 15 is 0 Å². The highest BCUT2D eigenvalue weighted by Crippen LogP contribution is 2.36. The summed E-state index contributed by atoms with van der Waals surface area (Å²) in [6, 6.07) is 7.20. The molecule has 0 radical (unpaired) electrons. The fraction of sp³-hybridized carbons (Fsp3) is 0.0556. The number of carbonyl (C=O) groups excluding carboxylic acids is 1. The third-order valence-electron chi connectivity index (χ3n) is 3.70. The molecular formula is C18H10F5N3O2S. The SMILES string of the molecule is O=C(Nc1nc(/C=N\O)c(-c2cccc(C(F)(F)F)c2)s1)c1c(F)cccc1F. The van der Waals surface area contributed by atoms with Crippen LogP contribution in [0.4, 0.5) is 27.1 Å². The Morgan fingerprint density at radius 3 is 2.41 bits per heavy atom. The molecule has 5 nitrogen and oxygen atoms in total. The maximum Gasteiger partial charge on any atom is 0.416 e. The first-order valence-corrected chi connectivity index (χ1v) is 8.63. The summed E-state index contributed by atoms with van der Waals surface area (Å²) in [4.78, 5) is 16.3. The standard InChI is InChI=1S/C18H10F5N3O2S/c19-11-5-2-6-12(20)14(11)16(27)26-17-25-13(8-24-28)15(29-17)9-3-1-4-10(7-9)18(21,22)23/h1-8,28H,(H,25,26,27)/b24-8-. The molecule has 29 heavy (non-hydrogen) atoms. The number of oxime groups is 1. The van der Waals surface area contributed by atoms with Crippen molar-refractivity contribution in [1.29, 1.82) is 0 Å². The number of benzene rings is 2. The molecule has 1 heterocycles. The van der Waals surface area contributed by atoms with Crippen molar-refractivity contribution < 1.29 is 32.0 Å². The molecule has 0 saturated heterocycles. The Morgan fingerprint density at radius 2 is 1.79 bits per heavy atom. The van der Waals surface area contributed by atoms with Gasteiger partial charge in [-0.3, -0.25) is 10.1 Å². The largest absolute Gasteiger partial charge is 0.416 e. The molecule has 0 aliphatic carbocycles. The molecule has 0 atom stereocenters. The minimum Gasteiger partial charge on any atom is -0.411 e. The van der Waals surface area contributed by atoms with Crippen LogP contribution in [-0.2, 0) is 6.18 Å². The van der Waals surface area contributed by atoms with Gasteiger partial charge in [-0.1, -0.05) is 34.7 Å². The lowest BCUT2D eigenvalue weighted by Gasteiger charge is -2.07. The molecule has 0 aliphatic heterocycles. The first kappa shape index (κ1) is 20.4. The molecule has 0 aliphatic rings. The van der Waals surface area contributed by atoms with E-state index in [1.165, 1.54) is 12.1 Å². The van der Waals surface area contributed by atoms with E-state index in [2.05, 4.69) is 15.5 Å². The normalized spacial score (nSPS) is 11.8. The van der Waals surface area contributed by atoms with Crippen LogP contribution in [0.5, 0.6) is 0 Å². The molecule has 0 bridgehead atoms. The Labute approximate surface area is 164 Å². The minimum atomic E-state index is -4.58. The van der Waals surface area contributed by atoms with E-state index in [0.717, 1.165) is 47.9 Å². The maximum absolute atomic E-state index is 13.8. The number of aromatic nitrogens is 1. The lowest BCUT2D eigenvalue weighted by Crippen LogP contribution is -2.15. The Kier molecular flexibility index (Phi) is 5.59. The zero-order chi connectivity index (χ0) is 21.2. The van der Waals surface area contributed by atoms with Gasteiger partial charge in [-0.15, -0.1) is 0 Å². The van der Waals surface area contributed by atoms with Gasteiger partial charge < -0.3 is 5.21 Å². The molecule has 2 N–H and O–H groups in total. The molecule has 2 aromatic carbocycles. The maximum atomic E-state index is 13.8. The average Bonchev–Trinajstić information content (AvgIpc) is 3.03. The molecule has 1 aromatic heterocycles. The van der Waals surface area contributed by atoms with E-state index in [-0.39, 0.29) is 21.3 Å². The predicted octanol–water partition coefficient (Wildman–Crippen LogP) is 5.17. The van der Waals surface area contributed by atoms with E-state index < -0.39 is 34.8 Å². The third kappa shape index (κ3) is 4.40. The average molecular weight is 427 g/mol. The fourth-order valence-electron chi connectivity index (χ4n) is 2.45. The number of nitrogens with one attached hydrogen (secondary N) is 1. The van der Waals surface area contributed by atoms with Crippen LogP contribution in [0.3, 0.4) is 0 Å². The molecule has 0 spiro atoms. The van der Waals surface area contributed by atoms with Gasteiger partial charge in [-0.25, -0.2) is 13.8 Å². The number of rotatable bonds is 4. The fourth-order valence-corrected chi connectivity index (χ4v) is 3.37. The molecule has 150 valence electrons. The number of alkyl halides is 3. The van der Waals surface area contributed by atoms with Crippen LogP contribution in [0.2, 0.25) is 0 Å². The summed E-state index contributed by atoms with van der Waals surface area (Å²) in [5, 5.41) is 13.6. The first-order chi connectivity index (χ1) is 13.7. The van der Waals surface area contributed by atoms with Crippen LogP contribution in [0.1, 0.15) is 21.6 Å². The van der Waals surface area contributed by atoms with Gasteiger partial charge in [0.15, 0.2) is 5.13 Å².